The molecule has 0 saturated heterocycles. The Kier molecular flexibility index (Phi) is 4.00. The highest BCUT2D eigenvalue weighted by Crippen LogP contribution is 2.25. The molecule has 0 spiro atoms. The highest BCUT2D eigenvalue weighted by Gasteiger charge is 2.08. The van der Waals surface area contributed by atoms with E-state index in [1.807, 2.05) is 13.0 Å². The molecule has 5 nitrogen and oxygen atoms in total. The quantitative estimate of drug-likeness (QED) is 0.402. The number of aromatic hydroxyl groups is 1. The van der Waals surface area contributed by atoms with Crippen LogP contribution < -0.4 is 0 Å². The van der Waals surface area contributed by atoms with E-state index < -0.39 is 4.92 Å². The van der Waals surface area contributed by atoms with Crippen LogP contribution in [0.25, 0.3) is 11.6 Å². The van der Waals surface area contributed by atoms with Gasteiger partial charge in [-0.1, -0.05) is 11.6 Å². The molecule has 104 valence electrons. The zero-order valence-electron chi connectivity index (χ0n) is 11.3. The summed E-state index contributed by atoms with van der Waals surface area (Å²) in [6, 6.07) is 12.8. The van der Waals surface area contributed by atoms with Gasteiger partial charge in [-0.2, -0.15) is 5.26 Å². The molecule has 0 saturated carbocycles. The van der Waals surface area contributed by atoms with Crippen LogP contribution in [0, 0.1) is 28.4 Å². The number of nitrogens with zero attached hydrogens (tertiary/aromatic N) is 2. The Morgan fingerprint density at radius 1 is 1.29 bits per heavy atom. The van der Waals surface area contributed by atoms with Crippen molar-refractivity contribution in [2.75, 3.05) is 0 Å². The van der Waals surface area contributed by atoms with E-state index in [1.54, 1.807) is 24.3 Å². The fraction of sp³-hybridized carbons (Fsp3) is 0.0625. The Morgan fingerprint density at radius 3 is 2.52 bits per heavy atom. The molecule has 1 N–H and O–H groups in total. The molecule has 0 amide bonds. The number of aryl methyl sites for hydroxylation is 1. The second-order valence-electron chi connectivity index (χ2n) is 4.54. The number of nitriles is 1. The van der Waals surface area contributed by atoms with Crippen LogP contribution in [0.1, 0.15) is 16.7 Å². The first kappa shape index (κ1) is 14.3. The van der Waals surface area contributed by atoms with Crippen molar-refractivity contribution in [2.45, 2.75) is 6.92 Å². The molecule has 2 rings (SSSR count). The van der Waals surface area contributed by atoms with Gasteiger partial charge < -0.3 is 5.11 Å². The SMILES string of the molecule is Cc1ccc(O)c(/C=C(/C#N)c2ccc([N+](=O)[O-])cc2)c1. The minimum absolute atomic E-state index is 0.0329. The number of nitro groups is 1. The van der Waals surface area contributed by atoms with E-state index in [-0.39, 0.29) is 11.4 Å². The molecular weight excluding hydrogens is 268 g/mol. The summed E-state index contributed by atoms with van der Waals surface area (Å²) < 4.78 is 0. The molecule has 0 fully saturated rings. The van der Waals surface area contributed by atoms with E-state index in [9.17, 15) is 20.5 Å². The molecule has 0 atom stereocenters. The lowest BCUT2D eigenvalue weighted by Gasteiger charge is -2.03. The number of phenols is 1. The molecule has 21 heavy (non-hydrogen) atoms. The maximum atomic E-state index is 10.6. The first-order valence-corrected chi connectivity index (χ1v) is 6.17. The Bertz CT molecular complexity index is 756. The van der Waals surface area contributed by atoms with Gasteiger partial charge in [0, 0.05) is 17.7 Å². The van der Waals surface area contributed by atoms with Crippen LogP contribution in [-0.4, -0.2) is 10.0 Å². The number of hydrogen-bond donors (Lipinski definition) is 1. The number of benzene rings is 2. The Morgan fingerprint density at radius 2 is 1.95 bits per heavy atom. The predicted octanol–water partition coefficient (Wildman–Crippen LogP) is 3.67. The van der Waals surface area contributed by atoms with Crippen molar-refractivity contribution in [2.24, 2.45) is 0 Å². The maximum absolute atomic E-state index is 10.6. The van der Waals surface area contributed by atoms with Gasteiger partial charge in [0.15, 0.2) is 0 Å². The van der Waals surface area contributed by atoms with Gasteiger partial charge in [-0.15, -0.1) is 0 Å². The molecular formula is C16H12N2O3. The Hall–Kier alpha value is -3.13. The number of hydrogen-bond acceptors (Lipinski definition) is 4. The van der Waals surface area contributed by atoms with E-state index in [4.69, 9.17) is 0 Å². The monoisotopic (exact) mass is 280 g/mol. The highest BCUT2D eigenvalue weighted by molar-refractivity contribution is 5.90. The highest BCUT2D eigenvalue weighted by atomic mass is 16.6. The van der Waals surface area contributed by atoms with Gasteiger partial charge in [0.2, 0.25) is 0 Å². The van der Waals surface area contributed by atoms with Crippen LogP contribution in [0.2, 0.25) is 0 Å². The van der Waals surface area contributed by atoms with E-state index in [0.29, 0.717) is 16.7 Å². The smallest absolute Gasteiger partial charge is 0.269 e. The molecule has 0 aromatic heterocycles. The summed E-state index contributed by atoms with van der Waals surface area (Å²) in [5.74, 6) is 0.0789. The number of allylic oxidation sites excluding steroid dienone is 1. The number of non-ortho nitro benzene ring substituents is 1. The van der Waals surface area contributed by atoms with Gasteiger partial charge in [0.1, 0.15) is 5.75 Å². The largest absolute Gasteiger partial charge is 0.507 e. The topological polar surface area (TPSA) is 87.2 Å². The Balaban J connectivity index is 2.44. The van der Waals surface area contributed by atoms with Crippen LogP contribution in [0.5, 0.6) is 5.75 Å². The number of phenolic OH excluding ortho intramolecular Hbond substituents is 1. The van der Waals surface area contributed by atoms with Gasteiger partial charge >= 0.3 is 0 Å². The maximum Gasteiger partial charge on any atom is 0.269 e. The summed E-state index contributed by atoms with van der Waals surface area (Å²) in [7, 11) is 0. The molecule has 0 unspecified atom stereocenters. The third-order valence-corrected chi connectivity index (χ3v) is 2.99. The van der Waals surface area contributed by atoms with Gasteiger partial charge in [-0.25, -0.2) is 0 Å². The van der Waals surface area contributed by atoms with Crippen LogP contribution in [-0.2, 0) is 0 Å². The molecule has 2 aromatic carbocycles. The van der Waals surface area contributed by atoms with Gasteiger partial charge in [-0.3, -0.25) is 10.1 Å². The van der Waals surface area contributed by atoms with Gasteiger partial charge in [0.25, 0.3) is 5.69 Å². The van der Waals surface area contributed by atoms with E-state index in [1.165, 1.54) is 24.3 Å². The van der Waals surface area contributed by atoms with Crippen LogP contribution in [0.15, 0.2) is 42.5 Å². The van der Waals surface area contributed by atoms with Crippen molar-refractivity contribution in [1.29, 1.82) is 5.26 Å². The molecule has 2 aromatic rings. The van der Waals surface area contributed by atoms with E-state index >= 15 is 0 Å². The summed E-state index contributed by atoms with van der Waals surface area (Å²) in [5, 5.41) is 29.7. The zero-order valence-corrected chi connectivity index (χ0v) is 11.3. The molecule has 5 heteroatoms. The number of nitro benzene ring substituents is 1. The van der Waals surface area contributed by atoms with Crippen molar-refractivity contribution < 1.29 is 10.0 Å². The summed E-state index contributed by atoms with van der Waals surface area (Å²) in [4.78, 5) is 10.1. The standard InChI is InChI=1S/C16H12N2O3/c1-11-2-7-16(19)13(8-11)9-14(10-17)12-3-5-15(6-4-12)18(20)21/h2-9,19H,1H3/b14-9-. The van der Waals surface area contributed by atoms with Crippen molar-refractivity contribution in [3.05, 3.63) is 69.3 Å². The fourth-order valence-electron chi connectivity index (χ4n) is 1.89. The lowest BCUT2D eigenvalue weighted by molar-refractivity contribution is -0.384. The molecule has 0 aliphatic rings. The fourth-order valence-corrected chi connectivity index (χ4v) is 1.89. The second kappa shape index (κ2) is 5.88. The van der Waals surface area contributed by atoms with Crippen molar-refractivity contribution in [3.8, 4) is 11.8 Å². The zero-order chi connectivity index (χ0) is 15.4. The summed E-state index contributed by atoms with van der Waals surface area (Å²) in [6.07, 6.45) is 1.56. The average Bonchev–Trinajstić information content (AvgIpc) is 2.48. The van der Waals surface area contributed by atoms with E-state index in [2.05, 4.69) is 0 Å². The van der Waals surface area contributed by atoms with Crippen LogP contribution >= 0.6 is 0 Å². The molecule has 0 heterocycles. The first-order chi connectivity index (χ1) is 10.0. The Labute approximate surface area is 121 Å². The van der Waals surface area contributed by atoms with Crippen molar-refractivity contribution >= 4 is 17.3 Å². The molecule has 0 aliphatic heterocycles. The molecule has 0 radical (unpaired) electrons. The van der Waals surface area contributed by atoms with E-state index in [0.717, 1.165) is 5.56 Å². The third kappa shape index (κ3) is 3.25. The molecule has 0 aliphatic carbocycles. The molecule has 0 bridgehead atoms. The van der Waals surface area contributed by atoms with Crippen molar-refractivity contribution in [1.82, 2.24) is 0 Å². The lowest BCUT2D eigenvalue weighted by Crippen LogP contribution is -1.88. The normalized spacial score (nSPS) is 11.0. The predicted molar refractivity (Wildman–Crippen MR) is 79.4 cm³/mol. The van der Waals surface area contributed by atoms with Crippen LogP contribution in [0.3, 0.4) is 0 Å². The summed E-state index contributed by atoms with van der Waals surface area (Å²) in [5.41, 5.74) is 2.34. The minimum atomic E-state index is -0.494. The minimum Gasteiger partial charge on any atom is -0.507 e. The third-order valence-electron chi connectivity index (χ3n) is 2.99. The lowest BCUT2D eigenvalue weighted by atomic mass is 10.0. The second-order valence-corrected chi connectivity index (χ2v) is 4.54. The summed E-state index contributed by atoms with van der Waals surface area (Å²) >= 11 is 0. The van der Waals surface area contributed by atoms with Gasteiger partial charge in [-0.05, 0) is 42.8 Å². The van der Waals surface area contributed by atoms with Crippen molar-refractivity contribution in [3.63, 3.8) is 0 Å². The number of rotatable bonds is 3. The van der Waals surface area contributed by atoms with Crippen LogP contribution in [0.4, 0.5) is 5.69 Å². The average molecular weight is 280 g/mol. The summed E-state index contributed by atoms with van der Waals surface area (Å²) in [6.45, 7) is 1.88. The first-order valence-electron chi connectivity index (χ1n) is 6.17. The van der Waals surface area contributed by atoms with Gasteiger partial charge in [0.05, 0.1) is 16.6 Å².